The van der Waals surface area contributed by atoms with E-state index in [0.29, 0.717) is 17.3 Å². The van der Waals surface area contributed by atoms with Crippen molar-refractivity contribution in [3.63, 3.8) is 0 Å². The molecule has 0 radical (unpaired) electrons. The Hall–Kier alpha value is -3.06. The molecule has 0 fully saturated rings. The van der Waals surface area contributed by atoms with Crippen molar-refractivity contribution in [1.29, 1.82) is 0 Å². The standard InChI is InChI=1S/C21H20N4O2S/c1-13-8-9-14(2)17(12-13)25-19(26)11-10-16(23-25)20(27)24(3)21-22-15-6-4-5-7-18(15)28-21/h4-9,12H,10-11H2,1-3H3. The number of anilines is 2. The molecule has 2 heterocycles. The van der Waals surface area contributed by atoms with Crippen molar-refractivity contribution < 1.29 is 9.59 Å². The number of carbonyl (C=O) groups is 2. The molecule has 0 saturated heterocycles. The third-order valence-electron chi connectivity index (χ3n) is 4.75. The molecule has 0 spiro atoms. The van der Waals surface area contributed by atoms with Gasteiger partial charge in [0, 0.05) is 19.9 Å². The van der Waals surface area contributed by atoms with Gasteiger partial charge in [-0.2, -0.15) is 5.10 Å². The van der Waals surface area contributed by atoms with E-state index >= 15 is 0 Å². The summed E-state index contributed by atoms with van der Waals surface area (Å²) >= 11 is 1.46. The van der Waals surface area contributed by atoms with Crippen LogP contribution in [0.15, 0.2) is 47.6 Å². The van der Waals surface area contributed by atoms with Crippen molar-refractivity contribution in [2.45, 2.75) is 26.7 Å². The Kier molecular flexibility index (Phi) is 4.68. The Bertz CT molecular complexity index is 1090. The number of thiazole rings is 1. The maximum Gasteiger partial charge on any atom is 0.276 e. The summed E-state index contributed by atoms with van der Waals surface area (Å²) in [5.74, 6) is -0.338. The van der Waals surface area contributed by atoms with Gasteiger partial charge in [0.05, 0.1) is 15.9 Å². The van der Waals surface area contributed by atoms with Gasteiger partial charge in [-0.05, 0) is 43.2 Å². The summed E-state index contributed by atoms with van der Waals surface area (Å²) in [6, 6.07) is 13.6. The number of hydrogen-bond acceptors (Lipinski definition) is 5. The Labute approximate surface area is 167 Å². The molecule has 1 aliphatic heterocycles. The summed E-state index contributed by atoms with van der Waals surface area (Å²) in [4.78, 5) is 31.6. The van der Waals surface area contributed by atoms with Gasteiger partial charge in [0.2, 0.25) is 5.91 Å². The first-order valence-electron chi connectivity index (χ1n) is 9.05. The quantitative estimate of drug-likeness (QED) is 0.675. The molecule has 0 saturated carbocycles. The number of aromatic nitrogens is 1. The predicted molar refractivity (Wildman–Crippen MR) is 113 cm³/mol. The Morgan fingerprint density at radius 1 is 1.14 bits per heavy atom. The van der Waals surface area contributed by atoms with Gasteiger partial charge >= 0.3 is 0 Å². The number of hydrazone groups is 1. The highest BCUT2D eigenvalue weighted by Gasteiger charge is 2.29. The largest absolute Gasteiger partial charge is 0.286 e. The van der Waals surface area contributed by atoms with Crippen LogP contribution in [-0.4, -0.2) is 29.6 Å². The molecule has 142 valence electrons. The van der Waals surface area contributed by atoms with E-state index in [-0.39, 0.29) is 18.2 Å². The van der Waals surface area contributed by atoms with Crippen LogP contribution in [0, 0.1) is 13.8 Å². The third-order valence-corrected chi connectivity index (χ3v) is 5.86. The molecular weight excluding hydrogens is 372 g/mol. The fourth-order valence-electron chi connectivity index (χ4n) is 3.13. The average Bonchev–Trinajstić information content (AvgIpc) is 3.13. The number of nitrogens with zero attached hydrogens (tertiary/aromatic N) is 4. The van der Waals surface area contributed by atoms with Crippen molar-refractivity contribution in [3.8, 4) is 0 Å². The first-order valence-corrected chi connectivity index (χ1v) is 9.87. The second-order valence-electron chi connectivity index (χ2n) is 6.87. The van der Waals surface area contributed by atoms with E-state index in [1.165, 1.54) is 21.2 Å². The summed E-state index contributed by atoms with van der Waals surface area (Å²) in [7, 11) is 1.70. The van der Waals surface area contributed by atoms with Crippen LogP contribution in [-0.2, 0) is 9.59 Å². The van der Waals surface area contributed by atoms with Crippen molar-refractivity contribution in [1.82, 2.24) is 4.98 Å². The molecule has 28 heavy (non-hydrogen) atoms. The number of fused-ring (bicyclic) bond motifs is 1. The van der Waals surface area contributed by atoms with Crippen LogP contribution in [0.4, 0.5) is 10.8 Å². The number of benzene rings is 2. The van der Waals surface area contributed by atoms with E-state index < -0.39 is 0 Å². The van der Waals surface area contributed by atoms with Gasteiger partial charge in [-0.15, -0.1) is 0 Å². The fourth-order valence-corrected chi connectivity index (χ4v) is 4.05. The average molecular weight is 392 g/mol. The predicted octanol–water partition coefficient (Wildman–Crippen LogP) is 4.06. The van der Waals surface area contributed by atoms with E-state index in [0.717, 1.165) is 27.0 Å². The summed E-state index contributed by atoms with van der Waals surface area (Å²) in [5, 5.41) is 6.40. The number of amides is 2. The van der Waals surface area contributed by atoms with Crippen LogP contribution < -0.4 is 9.91 Å². The van der Waals surface area contributed by atoms with Gasteiger partial charge in [-0.1, -0.05) is 35.6 Å². The first-order chi connectivity index (χ1) is 13.4. The lowest BCUT2D eigenvalue weighted by molar-refractivity contribution is -0.118. The highest BCUT2D eigenvalue weighted by atomic mass is 32.1. The maximum absolute atomic E-state index is 13.0. The first kappa shape index (κ1) is 18.3. The minimum Gasteiger partial charge on any atom is -0.286 e. The van der Waals surface area contributed by atoms with Gasteiger partial charge in [0.25, 0.3) is 5.91 Å². The van der Waals surface area contributed by atoms with Crippen molar-refractivity contribution >= 4 is 49.9 Å². The Morgan fingerprint density at radius 3 is 2.71 bits per heavy atom. The van der Waals surface area contributed by atoms with Crippen molar-refractivity contribution in [2.24, 2.45) is 5.10 Å². The molecule has 3 aromatic rings. The van der Waals surface area contributed by atoms with Crippen molar-refractivity contribution in [2.75, 3.05) is 17.0 Å². The molecule has 2 amide bonds. The highest BCUT2D eigenvalue weighted by molar-refractivity contribution is 7.22. The summed E-state index contributed by atoms with van der Waals surface area (Å²) in [6.07, 6.45) is 0.583. The second-order valence-corrected chi connectivity index (χ2v) is 7.88. The van der Waals surface area contributed by atoms with E-state index in [4.69, 9.17) is 0 Å². The summed E-state index contributed by atoms with van der Waals surface area (Å²) < 4.78 is 1.02. The van der Waals surface area contributed by atoms with Crippen LogP contribution in [0.25, 0.3) is 10.2 Å². The molecular formula is C21H20N4O2S. The zero-order valence-corrected chi connectivity index (χ0v) is 16.8. The lowest BCUT2D eigenvalue weighted by Crippen LogP contribution is -2.40. The number of hydrogen-bond donors (Lipinski definition) is 0. The maximum atomic E-state index is 13.0. The molecule has 0 aliphatic carbocycles. The van der Waals surface area contributed by atoms with Gasteiger partial charge < -0.3 is 0 Å². The van der Waals surface area contributed by atoms with E-state index in [9.17, 15) is 9.59 Å². The van der Waals surface area contributed by atoms with Gasteiger partial charge in [-0.25, -0.2) is 9.99 Å². The van der Waals surface area contributed by atoms with Gasteiger partial charge in [0.1, 0.15) is 5.71 Å². The summed E-state index contributed by atoms with van der Waals surface area (Å²) in [6.45, 7) is 3.90. The zero-order chi connectivity index (χ0) is 19.8. The minimum atomic E-state index is -0.234. The molecule has 0 atom stereocenters. The molecule has 0 bridgehead atoms. The monoisotopic (exact) mass is 392 g/mol. The Balaban J connectivity index is 1.66. The van der Waals surface area contributed by atoms with E-state index in [1.54, 1.807) is 7.05 Å². The van der Waals surface area contributed by atoms with Crippen LogP contribution in [0.1, 0.15) is 24.0 Å². The number of carbonyl (C=O) groups excluding carboxylic acids is 2. The topological polar surface area (TPSA) is 65.9 Å². The SMILES string of the molecule is Cc1ccc(C)c(N2N=C(C(=O)N(C)c3nc4ccccc4s3)CCC2=O)c1. The molecule has 2 aromatic carbocycles. The molecule has 6 nitrogen and oxygen atoms in total. The van der Waals surface area contributed by atoms with E-state index in [1.807, 2.05) is 56.3 Å². The molecule has 7 heteroatoms. The van der Waals surface area contributed by atoms with Gasteiger partial charge in [0.15, 0.2) is 5.13 Å². The minimum absolute atomic E-state index is 0.104. The molecule has 4 rings (SSSR count). The van der Waals surface area contributed by atoms with Crippen LogP contribution in [0.5, 0.6) is 0 Å². The molecule has 0 N–H and O–H groups in total. The molecule has 1 aromatic heterocycles. The highest BCUT2D eigenvalue weighted by Crippen LogP contribution is 2.29. The van der Waals surface area contributed by atoms with Crippen LogP contribution in [0.2, 0.25) is 0 Å². The summed E-state index contributed by atoms with van der Waals surface area (Å²) in [5.41, 5.74) is 3.92. The van der Waals surface area contributed by atoms with Crippen LogP contribution >= 0.6 is 11.3 Å². The Morgan fingerprint density at radius 2 is 1.93 bits per heavy atom. The smallest absolute Gasteiger partial charge is 0.276 e. The molecule has 0 unspecified atom stereocenters. The zero-order valence-electron chi connectivity index (χ0n) is 16.0. The van der Waals surface area contributed by atoms with E-state index in [2.05, 4.69) is 10.1 Å². The van der Waals surface area contributed by atoms with Gasteiger partial charge in [-0.3, -0.25) is 14.5 Å². The molecule has 1 aliphatic rings. The van der Waals surface area contributed by atoms with Crippen molar-refractivity contribution in [3.05, 3.63) is 53.6 Å². The number of rotatable bonds is 3. The normalized spacial score (nSPS) is 14.3. The lowest BCUT2D eigenvalue weighted by Gasteiger charge is -2.26. The van der Waals surface area contributed by atoms with Crippen LogP contribution in [0.3, 0.4) is 0 Å². The number of aryl methyl sites for hydroxylation is 2. The second kappa shape index (κ2) is 7.16. The fraction of sp³-hybridized carbons (Fsp3) is 0.238. The lowest BCUT2D eigenvalue weighted by atomic mass is 10.1. The number of para-hydroxylation sites is 1. The third kappa shape index (κ3) is 3.29.